The molecule has 1 saturated carbocycles. The Morgan fingerprint density at radius 2 is 2.06 bits per heavy atom. The van der Waals surface area contributed by atoms with Crippen molar-refractivity contribution in [1.29, 1.82) is 0 Å². The standard InChI is InChI=1S/C13H20N2O2/c1-3-14(4-2)8-11-7-12(16)13(17)9-15(11)10-5-6-10/h7,9-10,17H,3-6,8H2,1-2H3. The molecular formula is C13H20N2O2. The summed E-state index contributed by atoms with van der Waals surface area (Å²) in [5.41, 5.74) is 0.739. The molecule has 1 heterocycles. The van der Waals surface area contributed by atoms with Crippen molar-refractivity contribution in [3.05, 3.63) is 28.2 Å². The normalized spacial score (nSPS) is 15.5. The minimum atomic E-state index is -0.274. The lowest BCUT2D eigenvalue weighted by Crippen LogP contribution is -2.25. The average Bonchev–Trinajstić information content (AvgIpc) is 3.14. The molecule has 4 heteroatoms. The van der Waals surface area contributed by atoms with Gasteiger partial charge in [0.25, 0.3) is 0 Å². The van der Waals surface area contributed by atoms with E-state index in [1.165, 1.54) is 0 Å². The smallest absolute Gasteiger partial charge is 0.223 e. The van der Waals surface area contributed by atoms with Crippen LogP contribution in [0.2, 0.25) is 0 Å². The Labute approximate surface area is 101 Å². The fraction of sp³-hybridized carbons (Fsp3) is 0.615. The second-order valence-electron chi connectivity index (χ2n) is 4.61. The first-order chi connectivity index (χ1) is 8.15. The molecule has 1 N–H and O–H groups in total. The average molecular weight is 236 g/mol. The third kappa shape index (κ3) is 2.69. The highest BCUT2D eigenvalue weighted by molar-refractivity contribution is 5.22. The van der Waals surface area contributed by atoms with Gasteiger partial charge in [-0.3, -0.25) is 9.69 Å². The molecule has 1 aromatic heterocycles. The van der Waals surface area contributed by atoms with E-state index in [-0.39, 0.29) is 11.2 Å². The number of hydrogen-bond donors (Lipinski definition) is 1. The highest BCUT2D eigenvalue weighted by Gasteiger charge is 2.25. The molecular weight excluding hydrogens is 216 g/mol. The van der Waals surface area contributed by atoms with E-state index in [2.05, 4.69) is 23.3 Å². The van der Waals surface area contributed by atoms with Gasteiger partial charge >= 0.3 is 0 Å². The molecule has 0 unspecified atom stereocenters. The molecule has 1 fully saturated rings. The first kappa shape index (κ1) is 12.2. The van der Waals surface area contributed by atoms with Crippen LogP contribution in [-0.2, 0) is 6.54 Å². The van der Waals surface area contributed by atoms with Crippen LogP contribution >= 0.6 is 0 Å². The van der Waals surface area contributed by atoms with Gasteiger partial charge < -0.3 is 9.67 Å². The summed E-state index contributed by atoms with van der Waals surface area (Å²) < 4.78 is 2.06. The second kappa shape index (κ2) is 4.92. The summed E-state index contributed by atoms with van der Waals surface area (Å²) in [6.07, 6.45) is 3.89. The zero-order chi connectivity index (χ0) is 12.4. The third-order valence-electron chi connectivity index (χ3n) is 3.36. The Balaban J connectivity index is 2.30. The van der Waals surface area contributed by atoms with E-state index in [4.69, 9.17) is 0 Å². The minimum absolute atomic E-state index is 0.139. The Morgan fingerprint density at radius 3 is 2.59 bits per heavy atom. The topological polar surface area (TPSA) is 45.5 Å². The van der Waals surface area contributed by atoms with E-state index in [0.29, 0.717) is 6.04 Å². The molecule has 0 aliphatic heterocycles. The summed E-state index contributed by atoms with van der Waals surface area (Å²) in [6.45, 7) is 6.94. The van der Waals surface area contributed by atoms with Crippen molar-refractivity contribution >= 4 is 0 Å². The van der Waals surface area contributed by atoms with Gasteiger partial charge in [-0.25, -0.2) is 0 Å². The van der Waals surface area contributed by atoms with Crippen LogP contribution in [0.5, 0.6) is 5.75 Å². The fourth-order valence-electron chi connectivity index (χ4n) is 2.07. The summed E-state index contributed by atoms with van der Waals surface area (Å²) in [5, 5.41) is 9.50. The van der Waals surface area contributed by atoms with Crippen LogP contribution in [0.25, 0.3) is 0 Å². The van der Waals surface area contributed by atoms with Gasteiger partial charge in [0.15, 0.2) is 5.75 Å². The van der Waals surface area contributed by atoms with Crippen LogP contribution in [0, 0.1) is 0 Å². The molecule has 0 bridgehead atoms. The van der Waals surface area contributed by atoms with Gasteiger partial charge in [-0.1, -0.05) is 13.8 Å². The maximum atomic E-state index is 11.5. The monoisotopic (exact) mass is 236 g/mol. The van der Waals surface area contributed by atoms with Gasteiger partial charge in [-0.05, 0) is 25.9 Å². The summed E-state index contributed by atoms with van der Waals surface area (Å²) in [6, 6.07) is 2.05. The number of aromatic hydroxyl groups is 1. The third-order valence-corrected chi connectivity index (χ3v) is 3.36. The maximum Gasteiger partial charge on any atom is 0.223 e. The number of rotatable bonds is 5. The molecule has 4 nitrogen and oxygen atoms in total. The lowest BCUT2D eigenvalue weighted by atomic mass is 10.3. The zero-order valence-electron chi connectivity index (χ0n) is 10.5. The highest BCUT2D eigenvalue weighted by Crippen LogP contribution is 2.36. The minimum Gasteiger partial charge on any atom is -0.503 e. The molecule has 1 aromatic rings. The molecule has 1 aliphatic rings. The quantitative estimate of drug-likeness (QED) is 0.847. The molecule has 94 valence electrons. The van der Waals surface area contributed by atoms with Gasteiger partial charge in [-0.2, -0.15) is 0 Å². The van der Waals surface area contributed by atoms with Gasteiger partial charge in [0.1, 0.15) is 0 Å². The van der Waals surface area contributed by atoms with Crippen LogP contribution in [0.1, 0.15) is 38.4 Å². The Kier molecular flexibility index (Phi) is 3.52. The largest absolute Gasteiger partial charge is 0.503 e. The van der Waals surface area contributed by atoms with Crippen LogP contribution in [0.4, 0.5) is 0 Å². The zero-order valence-corrected chi connectivity index (χ0v) is 10.5. The van der Waals surface area contributed by atoms with Crippen molar-refractivity contribution in [3.8, 4) is 5.75 Å². The molecule has 0 aromatic carbocycles. The second-order valence-corrected chi connectivity index (χ2v) is 4.61. The first-order valence-corrected chi connectivity index (χ1v) is 6.32. The number of nitrogens with zero attached hydrogens (tertiary/aromatic N) is 2. The molecule has 17 heavy (non-hydrogen) atoms. The van der Waals surface area contributed by atoms with Crippen LogP contribution in [-0.4, -0.2) is 27.7 Å². The summed E-state index contributed by atoms with van der Waals surface area (Å²) in [7, 11) is 0. The van der Waals surface area contributed by atoms with Crippen molar-refractivity contribution < 1.29 is 5.11 Å². The lowest BCUT2D eigenvalue weighted by molar-refractivity contribution is 0.286. The van der Waals surface area contributed by atoms with Gasteiger partial charge in [-0.15, -0.1) is 0 Å². The SMILES string of the molecule is CCN(CC)Cc1cc(=O)c(O)cn1C1CC1. The Hall–Kier alpha value is -1.29. The molecule has 0 spiro atoms. The first-order valence-electron chi connectivity index (χ1n) is 6.32. The molecule has 0 amide bonds. The Morgan fingerprint density at radius 1 is 1.41 bits per heavy atom. The Bertz CT molecular complexity index is 445. The molecule has 0 atom stereocenters. The van der Waals surface area contributed by atoms with E-state index in [1.807, 2.05) is 0 Å². The molecule has 0 saturated heterocycles. The van der Waals surface area contributed by atoms with Crippen LogP contribution in [0.15, 0.2) is 17.1 Å². The van der Waals surface area contributed by atoms with Crippen LogP contribution in [0.3, 0.4) is 0 Å². The van der Waals surface area contributed by atoms with E-state index >= 15 is 0 Å². The summed E-state index contributed by atoms with van der Waals surface area (Å²) in [5.74, 6) is -0.139. The van der Waals surface area contributed by atoms with Crippen molar-refractivity contribution in [1.82, 2.24) is 9.47 Å². The summed E-state index contributed by atoms with van der Waals surface area (Å²) in [4.78, 5) is 13.8. The van der Waals surface area contributed by atoms with E-state index < -0.39 is 0 Å². The van der Waals surface area contributed by atoms with E-state index in [1.54, 1.807) is 12.3 Å². The van der Waals surface area contributed by atoms with E-state index in [9.17, 15) is 9.90 Å². The molecule has 1 aliphatic carbocycles. The molecule has 2 rings (SSSR count). The number of aromatic nitrogens is 1. The van der Waals surface area contributed by atoms with Gasteiger partial charge in [0.2, 0.25) is 5.43 Å². The summed E-state index contributed by atoms with van der Waals surface area (Å²) >= 11 is 0. The maximum absolute atomic E-state index is 11.5. The van der Waals surface area contributed by atoms with Crippen molar-refractivity contribution in [2.24, 2.45) is 0 Å². The van der Waals surface area contributed by atoms with Crippen molar-refractivity contribution in [3.63, 3.8) is 0 Å². The highest BCUT2D eigenvalue weighted by atomic mass is 16.3. The van der Waals surface area contributed by atoms with Crippen molar-refractivity contribution in [2.75, 3.05) is 13.1 Å². The van der Waals surface area contributed by atoms with Gasteiger partial charge in [0.05, 0.1) is 6.20 Å². The number of pyridine rings is 1. The van der Waals surface area contributed by atoms with E-state index in [0.717, 1.165) is 38.2 Å². The fourth-order valence-corrected chi connectivity index (χ4v) is 2.07. The predicted octanol–water partition coefficient (Wildman–Crippen LogP) is 1.73. The van der Waals surface area contributed by atoms with Gasteiger partial charge in [0, 0.05) is 24.3 Å². The van der Waals surface area contributed by atoms with Crippen molar-refractivity contribution in [2.45, 2.75) is 39.3 Å². The lowest BCUT2D eigenvalue weighted by Gasteiger charge is -2.21. The van der Waals surface area contributed by atoms with Crippen LogP contribution < -0.4 is 5.43 Å². The number of hydrogen-bond acceptors (Lipinski definition) is 3. The molecule has 0 radical (unpaired) electrons. The predicted molar refractivity (Wildman–Crippen MR) is 67.3 cm³/mol.